The molecule has 0 amide bonds. The molecule has 0 fully saturated rings. The lowest BCUT2D eigenvalue weighted by Gasteiger charge is -2.20. The van der Waals surface area contributed by atoms with Crippen LogP contribution in [0.4, 0.5) is 0 Å². The first-order valence-corrected chi connectivity index (χ1v) is 16.8. The van der Waals surface area contributed by atoms with Gasteiger partial charge in [-0.05, 0) is 107 Å². The third-order valence-electron chi connectivity index (χ3n) is 10.1. The van der Waals surface area contributed by atoms with E-state index in [0.29, 0.717) is 0 Å². The second-order valence-corrected chi connectivity index (χ2v) is 12.8. The average molecular weight is 623 g/mol. The van der Waals surface area contributed by atoms with E-state index in [0.717, 1.165) is 27.5 Å². The molecule has 49 heavy (non-hydrogen) atoms. The lowest BCUT2D eigenvalue weighted by Crippen LogP contribution is -1.93. The van der Waals surface area contributed by atoms with Crippen LogP contribution in [0.2, 0.25) is 0 Å². The first-order valence-electron chi connectivity index (χ1n) is 16.8. The zero-order valence-electron chi connectivity index (χ0n) is 26.7. The van der Waals surface area contributed by atoms with E-state index in [1.807, 2.05) is 12.1 Å². The van der Waals surface area contributed by atoms with Crippen LogP contribution in [-0.4, -0.2) is 0 Å². The molecule has 9 aromatic carbocycles. The van der Waals surface area contributed by atoms with Gasteiger partial charge >= 0.3 is 0 Å². The van der Waals surface area contributed by atoms with Crippen molar-refractivity contribution < 1.29 is 4.42 Å². The van der Waals surface area contributed by atoms with Crippen molar-refractivity contribution in [2.45, 2.75) is 0 Å². The molecule has 0 atom stereocenters. The maximum Gasteiger partial charge on any atom is 0.136 e. The summed E-state index contributed by atoms with van der Waals surface area (Å²) in [5.74, 6) is 0. The lowest BCUT2D eigenvalue weighted by molar-refractivity contribution is 0.669. The van der Waals surface area contributed by atoms with Crippen molar-refractivity contribution >= 4 is 54.3 Å². The molecular weight excluding hydrogens is 593 g/mol. The summed E-state index contributed by atoms with van der Waals surface area (Å²) in [7, 11) is 0. The number of fused-ring (bicyclic) bond motifs is 6. The molecule has 10 aromatic rings. The van der Waals surface area contributed by atoms with Gasteiger partial charge in [0.1, 0.15) is 11.2 Å². The monoisotopic (exact) mass is 622 g/mol. The van der Waals surface area contributed by atoms with Gasteiger partial charge in [-0.15, -0.1) is 0 Å². The number of rotatable bonds is 4. The largest absolute Gasteiger partial charge is 0.456 e. The summed E-state index contributed by atoms with van der Waals surface area (Å²) in [6, 6.07) is 65.8. The molecule has 0 aliphatic heterocycles. The fourth-order valence-corrected chi connectivity index (χ4v) is 7.89. The van der Waals surface area contributed by atoms with E-state index >= 15 is 0 Å². The molecule has 0 bridgehead atoms. The van der Waals surface area contributed by atoms with E-state index in [2.05, 4.69) is 170 Å². The minimum absolute atomic E-state index is 0.909. The average Bonchev–Trinajstić information content (AvgIpc) is 3.55. The van der Waals surface area contributed by atoms with E-state index in [1.165, 1.54) is 71.3 Å². The van der Waals surface area contributed by atoms with Crippen LogP contribution in [0.1, 0.15) is 0 Å². The van der Waals surface area contributed by atoms with Crippen molar-refractivity contribution in [2.75, 3.05) is 0 Å². The molecule has 1 nitrogen and oxygen atoms in total. The zero-order chi connectivity index (χ0) is 32.3. The molecule has 0 spiro atoms. The van der Waals surface area contributed by atoms with Gasteiger partial charge in [-0.1, -0.05) is 152 Å². The Bertz CT molecular complexity index is 2820. The third-order valence-corrected chi connectivity index (χ3v) is 10.1. The molecule has 0 saturated carbocycles. The predicted octanol–water partition coefficient (Wildman–Crippen LogP) is 13.7. The molecule has 0 N–H and O–H groups in total. The van der Waals surface area contributed by atoms with Gasteiger partial charge in [0.05, 0.1) is 0 Å². The van der Waals surface area contributed by atoms with Gasteiger partial charge in [0.15, 0.2) is 0 Å². The minimum atomic E-state index is 0.909. The summed E-state index contributed by atoms with van der Waals surface area (Å²) < 4.78 is 6.38. The van der Waals surface area contributed by atoms with Crippen molar-refractivity contribution in [3.05, 3.63) is 182 Å². The Hall–Kier alpha value is -6.44. The van der Waals surface area contributed by atoms with Gasteiger partial charge in [0, 0.05) is 10.8 Å². The summed E-state index contributed by atoms with van der Waals surface area (Å²) in [4.78, 5) is 0. The van der Waals surface area contributed by atoms with Crippen molar-refractivity contribution in [1.29, 1.82) is 0 Å². The first kappa shape index (κ1) is 27.7. The second-order valence-electron chi connectivity index (χ2n) is 12.8. The van der Waals surface area contributed by atoms with Crippen LogP contribution in [0, 0.1) is 0 Å². The van der Waals surface area contributed by atoms with Crippen LogP contribution >= 0.6 is 0 Å². The van der Waals surface area contributed by atoms with Crippen LogP contribution < -0.4 is 0 Å². The molecule has 1 aromatic heterocycles. The van der Waals surface area contributed by atoms with Gasteiger partial charge in [0.2, 0.25) is 0 Å². The van der Waals surface area contributed by atoms with Crippen LogP contribution in [0.3, 0.4) is 0 Å². The second kappa shape index (κ2) is 11.1. The van der Waals surface area contributed by atoms with Gasteiger partial charge in [-0.2, -0.15) is 0 Å². The number of para-hydroxylation sites is 1. The van der Waals surface area contributed by atoms with Gasteiger partial charge in [0.25, 0.3) is 0 Å². The smallest absolute Gasteiger partial charge is 0.136 e. The molecule has 0 unspecified atom stereocenters. The van der Waals surface area contributed by atoms with Crippen molar-refractivity contribution in [1.82, 2.24) is 0 Å². The van der Waals surface area contributed by atoms with Gasteiger partial charge in [-0.3, -0.25) is 0 Å². The van der Waals surface area contributed by atoms with E-state index in [1.54, 1.807) is 0 Å². The predicted molar refractivity (Wildman–Crippen MR) is 208 cm³/mol. The molecule has 0 aliphatic carbocycles. The Morgan fingerprint density at radius 1 is 0.265 bits per heavy atom. The Balaban J connectivity index is 1.28. The van der Waals surface area contributed by atoms with E-state index in [4.69, 9.17) is 4.42 Å². The minimum Gasteiger partial charge on any atom is -0.456 e. The van der Waals surface area contributed by atoms with Crippen LogP contribution in [0.25, 0.3) is 98.8 Å². The highest BCUT2D eigenvalue weighted by Crippen LogP contribution is 2.47. The summed E-state index contributed by atoms with van der Waals surface area (Å²) >= 11 is 0. The molecule has 0 radical (unpaired) electrons. The van der Waals surface area contributed by atoms with Crippen molar-refractivity contribution in [3.8, 4) is 44.5 Å². The fraction of sp³-hybridized carbons (Fsp3) is 0. The number of hydrogen-bond donors (Lipinski definition) is 0. The molecule has 10 rings (SSSR count). The summed E-state index contributed by atoms with van der Waals surface area (Å²) in [5, 5.41) is 9.69. The standard InChI is InChI=1S/C48H30O/c1-2-14-31(15-3-1)35-17-6-7-19-37(35)34-28-32-16-4-5-18-36(32)44(29-34)48-42-23-10-8-21-40(42)47(41-22-9-11-24-43(41)48)33-26-27-39-38-20-12-13-25-45(38)49-46(39)30-33/h1-30H. The Kier molecular flexibility index (Phi) is 6.25. The summed E-state index contributed by atoms with van der Waals surface area (Å²) in [6.45, 7) is 0. The highest BCUT2D eigenvalue weighted by molar-refractivity contribution is 6.24. The van der Waals surface area contributed by atoms with E-state index in [9.17, 15) is 0 Å². The van der Waals surface area contributed by atoms with Crippen molar-refractivity contribution in [3.63, 3.8) is 0 Å². The Labute approximate surface area is 284 Å². The molecule has 1 heterocycles. The SMILES string of the molecule is c1ccc(-c2ccccc2-c2cc(-c3c4ccccc4c(-c4ccc5c(c4)oc4ccccc45)c4ccccc34)c3ccccc3c2)cc1. The zero-order valence-corrected chi connectivity index (χ0v) is 26.7. The van der Waals surface area contributed by atoms with Gasteiger partial charge in [-0.25, -0.2) is 0 Å². The molecule has 228 valence electrons. The third kappa shape index (κ3) is 4.40. The highest BCUT2D eigenvalue weighted by Gasteiger charge is 2.20. The maximum atomic E-state index is 6.38. The topological polar surface area (TPSA) is 13.1 Å². The first-order chi connectivity index (χ1) is 24.3. The number of furan rings is 1. The summed E-state index contributed by atoms with van der Waals surface area (Å²) in [5.41, 5.74) is 11.6. The number of benzene rings is 9. The molecule has 1 heteroatoms. The number of hydrogen-bond acceptors (Lipinski definition) is 1. The fourth-order valence-electron chi connectivity index (χ4n) is 7.89. The molecular formula is C48H30O. The Morgan fingerprint density at radius 2 is 0.796 bits per heavy atom. The highest BCUT2D eigenvalue weighted by atomic mass is 16.3. The van der Waals surface area contributed by atoms with Crippen LogP contribution in [0.5, 0.6) is 0 Å². The van der Waals surface area contributed by atoms with Gasteiger partial charge < -0.3 is 4.42 Å². The van der Waals surface area contributed by atoms with Crippen LogP contribution in [0.15, 0.2) is 186 Å². The maximum absolute atomic E-state index is 6.38. The normalized spacial score (nSPS) is 11.7. The van der Waals surface area contributed by atoms with E-state index in [-0.39, 0.29) is 0 Å². The lowest BCUT2D eigenvalue weighted by atomic mass is 9.83. The quantitative estimate of drug-likeness (QED) is 0.178. The molecule has 0 aliphatic rings. The van der Waals surface area contributed by atoms with Crippen LogP contribution in [-0.2, 0) is 0 Å². The Morgan fingerprint density at radius 3 is 1.51 bits per heavy atom. The van der Waals surface area contributed by atoms with Crippen molar-refractivity contribution in [2.24, 2.45) is 0 Å². The molecule has 0 saturated heterocycles. The van der Waals surface area contributed by atoms with E-state index < -0.39 is 0 Å². The summed E-state index contributed by atoms with van der Waals surface area (Å²) in [6.07, 6.45) is 0.